The summed E-state index contributed by atoms with van der Waals surface area (Å²) in [5.41, 5.74) is 2.42. The molecule has 0 bridgehead atoms. The van der Waals surface area contributed by atoms with E-state index in [-0.39, 0.29) is 17.5 Å². The average Bonchev–Trinajstić information content (AvgIpc) is 3.26. The molecule has 162 valence electrons. The van der Waals surface area contributed by atoms with Gasteiger partial charge in [-0.25, -0.2) is 4.79 Å². The van der Waals surface area contributed by atoms with Gasteiger partial charge in [0.05, 0.1) is 12.0 Å². The van der Waals surface area contributed by atoms with Crippen molar-refractivity contribution in [1.29, 1.82) is 0 Å². The van der Waals surface area contributed by atoms with Crippen molar-refractivity contribution in [2.75, 3.05) is 20.1 Å². The lowest BCUT2D eigenvalue weighted by molar-refractivity contribution is -0.134. The summed E-state index contributed by atoms with van der Waals surface area (Å²) in [7, 11) is 1.83. The van der Waals surface area contributed by atoms with Gasteiger partial charge in [-0.3, -0.25) is 9.89 Å². The van der Waals surface area contributed by atoms with Gasteiger partial charge in [-0.05, 0) is 49.4 Å². The number of rotatable bonds is 6. The van der Waals surface area contributed by atoms with Gasteiger partial charge in [0.15, 0.2) is 0 Å². The number of carbonyl (C=O) groups excluding carboxylic acids is 2. The van der Waals surface area contributed by atoms with Crippen molar-refractivity contribution in [2.24, 2.45) is 0 Å². The van der Waals surface area contributed by atoms with Crippen LogP contribution in [0.25, 0.3) is 0 Å². The smallest absolute Gasteiger partial charge is 0.317 e. The van der Waals surface area contributed by atoms with E-state index in [1.54, 1.807) is 11.1 Å². The maximum absolute atomic E-state index is 12.9. The predicted octanol–water partition coefficient (Wildman–Crippen LogP) is 3.53. The number of aryl methyl sites for hydroxylation is 1. The lowest BCUT2D eigenvalue weighted by atomic mass is 9.85. The van der Waals surface area contributed by atoms with Crippen LogP contribution in [0.15, 0.2) is 30.5 Å². The number of aromatic amines is 1. The van der Waals surface area contributed by atoms with E-state index in [0.717, 1.165) is 36.1 Å². The molecule has 7 nitrogen and oxygen atoms in total. The van der Waals surface area contributed by atoms with Gasteiger partial charge in [-0.1, -0.05) is 30.7 Å². The van der Waals surface area contributed by atoms with Crippen molar-refractivity contribution >= 4 is 23.5 Å². The van der Waals surface area contributed by atoms with Crippen molar-refractivity contribution < 1.29 is 9.59 Å². The van der Waals surface area contributed by atoms with Gasteiger partial charge in [-0.15, -0.1) is 0 Å². The second-order valence-corrected chi connectivity index (χ2v) is 8.46. The molecule has 1 atom stereocenters. The summed E-state index contributed by atoms with van der Waals surface area (Å²) in [6.45, 7) is 5.72. The number of nitrogens with zero attached hydrogens (tertiary/aromatic N) is 3. The van der Waals surface area contributed by atoms with Gasteiger partial charge in [0.2, 0.25) is 5.91 Å². The van der Waals surface area contributed by atoms with Gasteiger partial charge in [0.1, 0.15) is 0 Å². The molecule has 1 aromatic carbocycles. The number of piperidine rings is 1. The van der Waals surface area contributed by atoms with E-state index in [4.69, 9.17) is 11.6 Å². The van der Waals surface area contributed by atoms with Gasteiger partial charge in [0, 0.05) is 43.6 Å². The largest absolute Gasteiger partial charge is 0.340 e. The van der Waals surface area contributed by atoms with E-state index in [1.807, 2.05) is 43.1 Å². The Morgan fingerprint density at radius 1 is 1.37 bits per heavy atom. The zero-order valence-electron chi connectivity index (χ0n) is 17.9. The SMILES string of the molecule is CCC1(N(C)C(=O)NCc2ccc(Cl)c(C)c2)CCCN(C(=O)Cc2ccn[nH]2)C1. The molecule has 1 unspecified atom stereocenters. The molecule has 1 fully saturated rings. The van der Waals surface area contributed by atoms with E-state index in [0.29, 0.717) is 31.1 Å². The van der Waals surface area contributed by atoms with Crippen LogP contribution in [0.5, 0.6) is 0 Å². The highest BCUT2D eigenvalue weighted by Gasteiger charge is 2.41. The third-order valence-corrected chi connectivity index (χ3v) is 6.57. The van der Waals surface area contributed by atoms with Crippen molar-refractivity contribution in [1.82, 2.24) is 25.3 Å². The quantitative estimate of drug-likeness (QED) is 0.734. The summed E-state index contributed by atoms with van der Waals surface area (Å²) in [4.78, 5) is 29.4. The van der Waals surface area contributed by atoms with Crippen LogP contribution < -0.4 is 5.32 Å². The molecule has 3 amide bonds. The van der Waals surface area contributed by atoms with Crippen molar-refractivity contribution in [3.8, 4) is 0 Å². The summed E-state index contributed by atoms with van der Waals surface area (Å²) in [5.74, 6) is 0.0576. The Kier molecular flexibility index (Phi) is 7.02. The number of hydrogen-bond acceptors (Lipinski definition) is 3. The summed E-state index contributed by atoms with van der Waals surface area (Å²) >= 11 is 6.08. The molecule has 3 rings (SSSR count). The molecule has 1 aliphatic rings. The topological polar surface area (TPSA) is 81.3 Å². The minimum absolute atomic E-state index is 0.0576. The number of hydrogen-bond donors (Lipinski definition) is 2. The second-order valence-electron chi connectivity index (χ2n) is 8.06. The Balaban J connectivity index is 1.63. The van der Waals surface area contributed by atoms with Gasteiger partial charge in [0.25, 0.3) is 0 Å². The van der Waals surface area contributed by atoms with Crippen LogP contribution >= 0.6 is 11.6 Å². The highest BCUT2D eigenvalue weighted by molar-refractivity contribution is 6.31. The van der Waals surface area contributed by atoms with E-state index >= 15 is 0 Å². The molecular weight excluding hydrogens is 402 g/mol. The molecular formula is C22H30ClN5O2. The number of likely N-dealkylation sites (N-methyl/N-ethyl adjacent to an activating group) is 1. The first-order valence-electron chi connectivity index (χ1n) is 10.4. The zero-order chi connectivity index (χ0) is 21.7. The molecule has 0 radical (unpaired) electrons. The summed E-state index contributed by atoms with van der Waals surface area (Å²) < 4.78 is 0. The predicted molar refractivity (Wildman–Crippen MR) is 117 cm³/mol. The Hall–Kier alpha value is -2.54. The molecule has 30 heavy (non-hydrogen) atoms. The van der Waals surface area contributed by atoms with Crippen LogP contribution in [0.2, 0.25) is 5.02 Å². The number of urea groups is 1. The number of aromatic nitrogens is 2. The molecule has 0 saturated carbocycles. The fourth-order valence-electron chi connectivity index (χ4n) is 4.11. The average molecular weight is 432 g/mol. The Bertz CT molecular complexity index is 886. The molecule has 8 heteroatoms. The minimum Gasteiger partial charge on any atom is -0.340 e. The third kappa shape index (κ3) is 4.95. The normalized spacial score (nSPS) is 18.9. The molecule has 0 spiro atoms. The number of H-pyrrole nitrogens is 1. The van der Waals surface area contributed by atoms with Crippen LogP contribution in [-0.4, -0.2) is 57.6 Å². The number of benzene rings is 1. The number of likely N-dealkylation sites (tertiary alicyclic amines) is 1. The van der Waals surface area contributed by atoms with Crippen molar-refractivity contribution in [3.63, 3.8) is 0 Å². The molecule has 2 aromatic rings. The van der Waals surface area contributed by atoms with Crippen LogP contribution in [-0.2, 0) is 17.8 Å². The lowest BCUT2D eigenvalue weighted by Crippen LogP contribution is -2.61. The highest BCUT2D eigenvalue weighted by Crippen LogP contribution is 2.30. The molecule has 0 aliphatic carbocycles. The number of carbonyl (C=O) groups is 2. The van der Waals surface area contributed by atoms with Crippen LogP contribution in [0.3, 0.4) is 0 Å². The monoisotopic (exact) mass is 431 g/mol. The zero-order valence-corrected chi connectivity index (χ0v) is 18.6. The molecule has 1 saturated heterocycles. The number of halogens is 1. The standard InChI is InChI=1S/C22H30ClN5O2/c1-4-22(9-5-11-28(15-22)20(29)13-18-8-10-25-26-18)27(3)21(30)24-14-17-6-7-19(23)16(2)12-17/h6-8,10,12H,4-5,9,11,13-15H2,1-3H3,(H,24,30)(H,25,26). The summed E-state index contributed by atoms with van der Waals surface area (Å²) in [5, 5.41) is 10.5. The Morgan fingerprint density at radius 2 is 2.17 bits per heavy atom. The van der Waals surface area contributed by atoms with Crippen molar-refractivity contribution in [2.45, 2.75) is 51.6 Å². The van der Waals surface area contributed by atoms with Crippen molar-refractivity contribution in [3.05, 3.63) is 52.3 Å². The minimum atomic E-state index is -0.373. The number of amides is 3. The fourth-order valence-corrected chi connectivity index (χ4v) is 4.23. The van der Waals surface area contributed by atoms with E-state index in [9.17, 15) is 9.59 Å². The van der Waals surface area contributed by atoms with Crippen LogP contribution in [0, 0.1) is 6.92 Å². The fraction of sp³-hybridized carbons (Fsp3) is 0.500. The van der Waals surface area contributed by atoms with E-state index in [2.05, 4.69) is 22.4 Å². The summed E-state index contributed by atoms with van der Waals surface area (Å²) in [6, 6.07) is 7.43. The van der Waals surface area contributed by atoms with E-state index in [1.165, 1.54) is 0 Å². The first-order valence-corrected chi connectivity index (χ1v) is 10.7. The second kappa shape index (κ2) is 9.51. The van der Waals surface area contributed by atoms with E-state index < -0.39 is 0 Å². The Morgan fingerprint density at radius 3 is 2.83 bits per heavy atom. The highest BCUT2D eigenvalue weighted by atomic mass is 35.5. The maximum atomic E-state index is 12.9. The molecule has 2 heterocycles. The van der Waals surface area contributed by atoms with Gasteiger partial charge < -0.3 is 15.1 Å². The van der Waals surface area contributed by atoms with Crippen LogP contribution in [0.1, 0.15) is 43.0 Å². The van der Waals surface area contributed by atoms with Gasteiger partial charge >= 0.3 is 6.03 Å². The number of nitrogens with one attached hydrogen (secondary N) is 2. The first-order chi connectivity index (χ1) is 14.3. The maximum Gasteiger partial charge on any atom is 0.317 e. The Labute approximate surface area is 182 Å². The first kappa shape index (κ1) is 22.2. The lowest BCUT2D eigenvalue weighted by Gasteiger charge is -2.48. The van der Waals surface area contributed by atoms with Gasteiger partial charge in [-0.2, -0.15) is 5.10 Å². The molecule has 1 aromatic heterocycles. The molecule has 1 aliphatic heterocycles. The summed E-state index contributed by atoms with van der Waals surface area (Å²) in [6.07, 6.45) is 4.48. The third-order valence-electron chi connectivity index (χ3n) is 6.15. The molecule has 2 N–H and O–H groups in total. The van der Waals surface area contributed by atoms with Crippen LogP contribution in [0.4, 0.5) is 4.79 Å².